The molecule has 7 rings (SSSR count). The Morgan fingerprint density at radius 2 is 1.36 bits per heavy atom. The lowest BCUT2D eigenvalue weighted by Crippen LogP contribution is -1.91. The van der Waals surface area contributed by atoms with Gasteiger partial charge >= 0.3 is 0 Å². The lowest BCUT2D eigenvalue weighted by Gasteiger charge is -2.13. The van der Waals surface area contributed by atoms with Gasteiger partial charge in [0.25, 0.3) is 0 Å². The van der Waals surface area contributed by atoms with Gasteiger partial charge in [-0.2, -0.15) is 0 Å². The maximum absolute atomic E-state index is 5.50. The third-order valence-corrected chi connectivity index (χ3v) is 6.40. The summed E-state index contributed by atoms with van der Waals surface area (Å²) in [6.07, 6.45) is 1.48. The summed E-state index contributed by atoms with van der Waals surface area (Å²) in [6, 6.07) is 36.1. The lowest BCUT2D eigenvalue weighted by atomic mass is 9.92. The number of rotatable bonds is 2. The van der Waals surface area contributed by atoms with E-state index < -0.39 is 0 Å². The zero-order valence-corrected chi connectivity index (χ0v) is 17.7. The van der Waals surface area contributed by atoms with E-state index in [0.717, 1.165) is 33.6 Å². The van der Waals surface area contributed by atoms with Crippen LogP contribution in [-0.2, 0) is 0 Å². The first-order valence-corrected chi connectivity index (χ1v) is 11.0. The molecule has 33 heavy (non-hydrogen) atoms. The van der Waals surface area contributed by atoms with Gasteiger partial charge in [-0.25, -0.2) is 9.97 Å². The number of fused-ring (bicyclic) bond motifs is 6. The first-order valence-electron chi connectivity index (χ1n) is 11.0. The van der Waals surface area contributed by atoms with Gasteiger partial charge in [-0.1, -0.05) is 72.8 Å². The van der Waals surface area contributed by atoms with Crippen LogP contribution in [0.2, 0.25) is 0 Å². The number of nitrogens with zero attached hydrogens (tertiary/aromatic N) is 2. The van der Waals surface area contributed by atoms with E-state index >= 15 is 0 Å². The molecule has 0 fully saturated rings. The van der Waals surface area contributed by atoms with Gasteiger partial charge in [-0.3, -0.25) is 0 Å². The molecule has 0 aliphatic carbocycles. The standard InChI is InChI=1S/C30H18N2O/c1-2-7-22-19(6-1)12-13-21-16-25(23-8-3-4-9-24(23)30(21)22)27-11-5-10-26(32-27)20-14-15-28-29(17-20)33-18-31-28/h1-18H. The fourth-order valence-corrected chi connectivity index (χ4v) is 4.85. The minimum Gasteiger partial charge on any atom is -0.443 e. The molecule has 0 amide bonds. The molecule has 3 nitrogen and oxygen atoms in total. The molecule has 0 aliphatic heterocycles. The smallest absolute Gasteiger partial charge is 0.181 e. The Balaban J connectivity index is 1.49. The zero-order chi connectivity index (χ0) is 21.8. The topological polar surface area (TPSA) is 38.9 Å². The molecule has 0 spiro atoms. The lowest BCUT2D eigenvalue weighted by molar-refractivity contribution is 0.602. The van der Waals surface area contributed by atoms with Crippen LogP contribution in [0.3, 0.4) is 0 Å². The summed E-state index contributed by atoms with van der Waals surface area (Å²) in [6.45, 7) is 0. The number of hydrogen-bond donors (Lipinski definition) is 0. The largest absolute Gasteiger partial charge is 0.443 e. The van der Waals surface area contributed by atoms with E-state index in [1.165, 1.54) is 38.7 Å². The summed E-state index contributed by atoms with van der Waals surface area (Å²) in [5, 5.41) is 7.50. The van der Waals surface area contributed by atoms with Crippen molar-refractivity contribution in [3.05, 3.63) is 110 Å². The molecule has 7 aromatic rings. The molecule has 0 aliphatic rings. The highest BCUT2D eigenvalue weighted by Gasteiger charge is 2.13. The van der Waals surface area contributed by atoms with Gasteiger partial charge < -0.3 is 4.42 Å². The van der Waals surface area contributed by atoms with Crippen molar-refractivity contribution in [3.63, 3.8) is 0 Å². The highest BCUT2D eigenvalue weighted by atomic mass is 16.3. The summed E-state index contributed by atoms with van der Waals surface area (Å²) in [5.74, 6) is 0. The Hall–Kier alpha value is -4.50. The Bertz CT molecular complexity index is 1830. The van der Waals surface area contributed by atoms with Crippen molar-refractivity contribution in [1.82, 2.24) is 9.97 Å². The number of pyridine rings is 1. The first kappa shape index (κ1) is 18.1. The predicted molar refractivity (Wildman–Crippen MR) is 135 cm³/mol. The molecule has 3 heteroatoms. The zero-order valence-electron chi connectivity index (χ0n) is 17.7. The van der Waals surface area contributed by atoms with E-state index in [4.69, 9.17) is 9.40 Å². The van der Waals surface area contributed by atoms with Crippen LogP contribution in [0.1, 0.15) is 0 Å². The van der Waals surface area contributed by atoms with E-state index in [0.29, 0.717) is 0 Å². The summed E-state index contributed by atoms with van der Waals surface area (Å²) in [7, 11) is 0. The molecular formula is C30H18N2O. The van der Waals surface area contributed by atoms with Crippen molar-refractivity contribution < 1.29 is 4.42 Å². The molecule has 0 atom stereocenters. The second-order valence-electron chi connectivity index (χ2n) is 8.30. The first-order chi connectivity index (χ1) is 16.3. The predicted octanol–water partition coefficient (Wildman–Crippen LogP) is 8.02. The van der Waals surface area contributed by atoms with E-state index in [1.807, 2.05) is 24.3 Å². The monoisotopic (exact) mass is 422 g/mol. The van der Waals surface area contributed by atoms with Gasteiger partial charge in [0, 0.05) is 11.1 Å². The molecular weight excluding hydrogens is 404 g/mol. The number of hydrogen-bond acceptors (Lipinski definition) is 3. The van der Waals surface area contributed by atoms with E-state index in [-0.39, 0.29) is 0 Å². The van der Waals surface area contributed by atoms with Gasteiger partial charge in [0.05, 0.1) is 11.4 Å². The van der Waals surface area contributed by atoms with Crippen molar-refractivity contribution in [2.75, 3.05) is 0 Å². The van der Waals surface area contributed by atoms with Crippen molar-refractivity contribution in [3.8, 4) is 22.5 Å². The maximum atomic E-state index is 5.50. The quantitative estimate of drug-likeness (QED) is 0.265. The van der Waals surface area contributed by atoms with E-state index in [9.17, 15) is 0 Å². The molecule has 154 valence electrons. The molecule has 0 N–H and O–H groups in total. The summed E-state index contributed by atoms with van der Waals surface area (Å²) >= 11 is 0. The maximum Gasteiger partial charge on any atom is 0.181 e. The second-order valence-corrected chi connectivity index (χ2v) is 8.30. The normalized spacial score (nSPS) is 11.6. The van der Waals surface area contributed by atoms with Crippen LogP contribution in [0.15, 0.2) is 114 Å². The van der Waals surface area contributed by atoms with Crippen LogP contribution >= 0.6 is 0 Å². The van der Waals surface area contributed by atoms with Gasteiger partial charge in [0.1, 0.15) is 5.52 Å². The van der Waals surface area contributed by atoms with Gasteiger partial charge in [-0.15, -0.1) is 0 Å². The Morgan fingerprint density at radius 1 is 0.576 bits per heavy atom. The highest BCUT2D eigenvalue weighted by Crippen LogP contribution is 2.38. The van der Waals surface area contributed by atoms with Crippen molar-refractivity contribution in [2.45, 2.75) is 0 Å². The Kier molecular flexibility index (Phi) is 3.84. The van der Waals surface area contributed by atoms with Crippen molar-refractivity contribution in [1.29, 1.82) is 0 Å². The summed E-state index contributed by atoms with van der Waals surface area (Å²) < 4.78 is 5.50. The second kappa shape index (κ2) is 7.01. The molecule has 2 heterocycles. The number of benzene rings is 5. The van der Waals surface area contributed by atoms with Gasteiger partial charge in [0.2, 0.25) is 0 Å². The molecule has 0 radical (unpaired) electrons. The summed E-state index contributed by atoms with van der Waals surface area (Å²) in [4.78, 5) is 9.28. The number of aromatic nitrogens is 2. The fourth-order valence-electron chi connectivity index (χ4n) is 4.85. The van der Waals surface area contributed by atoms with Crippen LogP contribution < -0.4 is 0 Å². The Morgan fingerprint density at radius 3 is 2.30 bits per heavy atom. The van der Waals surface area contributed by atoms with Crippen LogP contribution in [-0.4, -0.2) is 9.97 Å². The SMILES string of the molecule is c1cc(-c2ccc3ncoc3c2)nc(-c2cc3ccc4ccccc4c3c3ccccc23)c1. The van der Waals surface area contributed by atoms with Gasteiger partial charge in [-0.05, 0) is 62.6 Å². The third kappa shape index (κ3) is 2.83. The van der Waals surface area contributed by atoms with Gasteiger partial charge in [0.15, 0.2) is 12.0 Å². The van der Waals surface area contributed by atoms with Crippen molar-refractivity contribution >= 4 is 43.4 Å². The Labute approximate surface area is 190 Å². The van der Waals surface area contributed by atoms with Crippen molar-refractivity contribution in [2.24, 2.45) is 0 Å². The van der Waals surface area contributed by atoms with Crippen LogP contribution in [0.25, 0.3) is 65.9 Å². The molecule has 5 aromatic carbocycles. The van der Waals surface area contributed by atoms with Crippen LogP contribution in [0, 0.1) is 0 Å². The number of oxazole rings is 1. The minimum absolute atomic E-state index is 0.766. The third-order valence-electron chi connectivity index (χ3n) is 6.40. The minimum atomic E-state index is 0.766. The molecule has 0 bridgehead atoms. The van der Waals surface area contributed by atoms with Crippen LogP contribution in [0.4, 0.5) is 0 Å². The highest BCUT2D eigenvalue weighted by molar-refractivity contribution is 6.23. The summed E-state index contributed by atoms with van der Waals surface area (Å²) in [5.41, 5.74) is 5.63. The van der Waals surface area contributed by atoms with E-state index in [1.54, 1.807) is 0 Å². The average Bonchev–Trinajstić information content (AvgIpc) is 3.36. The average molecular weight is 422 g/mol. The van der Waals surface area contributed by atoms with E-state index in [2.05, 4.69) is 83.8 Å². The fraction of sp³-hybridized carbons (Fsp3) is 0. The van der Waals surface area contributed by atoms with Crippen LogP contribution in [0.5, 0.6) is 0 Å². The molecule has 0 saturated heterocycles. The molecule has 0 saturated carbocycles. The molecule has 0 unspecified atom stereocenters. The molecule has 2 aromatic heterocycles.